The molecule has 7 heteroatoms. The van der Waals surface area contributed by atoms with Crippen LogP contribution in [0.15, 0.2) is 252 Å². The van der Waals surface area contributed by atoms with Gasteiger partial charge in [-0.3, -0.25) is 0 Å². The fraction of sp³-hybridized carbons (Fsp3) is 0. The average molecular weight is 871 g/mol. The summed E-state index contributed by atoms with van der Waals surface area (Å²) in [6.07, 6.45) is 0. The van der Waals surface area contributed by atoms with Crippen LogP contribution in [0.5, 0.6) is 0 Å². The van der Waals surface area contributed by atoms with Crippen molar-refractivity contribution in [3.05, 3.63) is 243 Å². The Bertz CT molecular complexity index is 3460. The van der Waals surface area contributed by atoms with Crippen molar-refractivity contribution in [3.8, 4) is 22.3 Å². The first-order valence-corrected chi connectivity index (χ1v) is 23.9. The van der Waals surface area contributed by atoms with E-state index in [0.29, 0.717) is 0 Å². The number of hydrogen-bond donors (Lipinski definition) is 0. The molecule has 10 aromatic carbocycles. The summed E-state index contributed by atoms with van der Waals surface area (Å²) in [6.45, 7) is -0.128. The summed E-state index contributed by atoms with van der Waals surface area (Å²) in [7, 11) is 0. The van der Waals surface area contributed by atoms with Crippen LogP contribution < -0.4 is 41.3 Å². The van der Waals surface area contributed by atoms with Crippen LogP contribution in [0, 0.1) is 0 Å². The molecule has 0 spiro atoms. The number of anilines is 10. The van der Waals surface area contributed by atoms with E-state index in [1.54, 1.807) is 0 Å². The summed E-state index contributed by atoms with van der Waals surface area (Å²) in [5.74, 6) is 0. The molecule has 4 nitrogen and oxygen atoms in total. The van der Waals surface area contributed by atoms with Crippen molar-refractivity contribution in [3.63, 3.8) is 0 Å². The highest BCUT2D eigenvalue weighted by molar-refractivity contribution is 8.00. The summed E-state index contributed by atoms with van der Waals surface area (Å²) in [5.41, 5.74) is 21.9. The molecule has 4 heterocycles. The van der Waals surface area contributed by atoms with Gasteiger partial charge in [0.25, 0.3) is 0 Å². The second kappa shape index (κ2) is 15.2. The zero-order chi connectivity index (χ0) is 44.0. The lowest BCUT2D eigenvalue weighted by Gasteiger charge is -2.52. The van der Waals surface area contributed by atoms with Crippen molar-refractivity contribution >= 4 is 104 Å². The Balaban J connectivity index is 1.09. The average Bonchev–Trinajstić information content (AvgIpc) is 3.39. The van der Waals surface area contributed by atoms with Crippen LogP contribution in [0.25, 0.3) is 22.3 Å². The van der Waals surface area contributed by atoms with Crippen molar-refractivity contribution in [1.82, 2.24) is 0 Å². The molecule has 312 valence electrons. The van der Waals surface area contributed by atoms with Crippen LogP contribution in [-0.4, -0.2) is 13.7 Å². The Kier molecular flexibility index (Phi) is 8.68. The predicted octanol–water partition coefficient (Wildman–Crippen LogP) is 13.3. The minimum atomic E-state index is -0.0854. The van der Waals surface area contributed by atoms with Gasteiger partial charge < -0.3 is 19.4 Å². The Hall–Kier alpha value is -8.12. The molecular weight excluding hydrogens is 830 g/mol. The van der Waals surface area contributed by atoms with E-state index in [0.717, 1.165) is 39.8 Å². The van der Waals surface area contributed by atoms with E-state index in [4.69, 9.17) is 0 Å². The van der Waals surface area contributed by atoms with Gasteiger partial charge in [0.05, 0.1) is 0 Å². The van der Waals surface area contributed by atoms with Crippen molar-refractivity contribution in [2.45, 2.75) is 9.79 Å². The van der Waals surface area contributed by atoms with Crippen molar-refractivity contribution in [2.75, 3.05) is 19.4 Å². The molecule has 0 radical (unpaired) electrons. The lowest BCUT2D eigenvalue weighted by Crippen LogP contribution is -2.74. The van der Waals surface area contributed by atoms with Gasteiger partial charge in [0.2, 0.25) is 0 Å². The first-order valence-electron chi connectivity index (χ1n) is 23.1. The van der Waals surface area contributed by atoms with Crippen LogP contribution in [0.4, 0.5) is 56.9 Å². The minimum Gasteiger partial charge on any atom is -0.444 e. The number of hydrogen-bond acceptors (Lipinski definition) is 5. The van der Waals surface area contributed by atoms with Crippen LogP contribution in [0.3, 0.4) is 0 Å². The molecule has 0 aliphatic carbocycles. The van der Waals surface area contributed by atoms with E-state index in [9.17, 15) is 0 Å². The molecule has 0 bridgehead atoms. The van der Waals surface area contributed by atoms with E-state index in [1.807, 2.05) is 11.8 Å². The number of rotatable bonds is 7. The molecule has 10 aromatic rings. The lowest BCUT2D eigenvalue weighted by molar-refractivity contribution is 1.24. The second-order valence-electron chi connectivity index (χ2n) is 17.6. The van der Waals surface area contributed by atoms with Gasteiger partial charge in [0.15, 0.2) is 0 Å². The molecule has 0 aromatic heterocycles. The summed E-state index contributed by atoms with van der Waals surface area (Å²) >= 11 is 1.91. The molecule has 14 rings (SSSR count). The van der Waals surface area contributed by atoms with E-state index >= 15 is 0 Å². The Morgan fingerprint density at radius 3 is 1.37 bits per heavy atom. The summed E-state index contributed by atoms with van der Waals surface area (Å²) in [5, 5.41) is 0. The highest BCUT2D eigenvalue weighted by atomic mass is 32.2. The van der Waals surface area contributed by atoms with Gasteiger partial charge in [-0.15, -0.1) is 0 Å². The molecule has 0 amide bonds. The van der Waals surface area contributed by atoms with E-state index in [2.05, 4.69) is 262 Å². The van der Waals surface area contributed by atoms with Gasteiger partial charge in [-0.25, -0.2) is 0 Å². The Morgan fingerprint density at radius 1 is 0.328 bits per heavy atom. The third-order valence-electron chi connectivity index (χ3n) is 14.0. The number of benzene rings is 10. The topological polar surface area (TPSA) is 13.0 Å². The smallest absolute Gasteiger partial charge is 0.316 e. The minimum absolute atomic E-state index is 0.0424. The third-order valence-corrected chi connectivity index (χ3v) is 15.1. The molecule has 0 unspecified atom stereocenters. The van der Waals surface area contributed by atoms with E-state index in [-0.39, 0.29) is 13.7 Å². The number of fused-ring (bicyclic) bond motifs is 8. The third kappa shape index (κ3) is 5.84. The Labute approximate surface area is 396 Å². The highest BCUT2D eigenvalue weighted by Crippen LogP contribution is 2.54. The zero-order valence-corrected chi connectivity index (χ0v) is 37.3. The first kappa shape index (κ1) is 38.2. The molecule has 0 saturated carbocycles. The van der Waals surface area contributed by atoms with Crippen molar-refractivity contribution in [2.24, 2.45) is 0 Å². The van der Waals surface area contributed by atoms with Gasteiger partial charge >= 0.3 is 13.7 Å². The number of nitrogens with zero attached hydrogens (tertiary/aromatic N) is 4. The SMILES string of the molecule is c1ccc(N(c2ccccc2)c2cc3c4c(c2)-c2cccc5c2N(B4c2ccccc2S3)B2c3ccccc3N(c3ccccc3)c3cc(N(c4ccccc4)c4ccccc4)cc-5c32)cc1. The molecule has 4 aliphatic rings. The maximum absolute atomic E-state index is 2.82. The molecule has 4 aliphatic heterocycles. The maximum Gasteiger partial charge on any atom is 0.316 e. The normalized spacial score (nSPS) is 13.2. The van der Waals surface area contributed by atoms with Crippen LogP contribution >= 0.6 is 11.8 Å². The summed E-state index contributed by atoms with van der Waals surface area (Å²) in [4.78, 5) is 9.94. The molecule has 0 atom stereocenters. The first-order chi connectivity index (χ1) is 33.3. The monoisotopic (exact) mass is 870 g/mol. The molecule has 0 fully saturated rings. The van der Waals surface area contributed by atoms with Gasteiger partial charge in [-0.2, -0.15) is 0 Å². The summed E-state index contributed by atoms with van der Waals surface area (Å²) < 4.78 is 2.82. The number of para-hydroxylation sites is 7. The van der Waals surface area contributed by atoms with Gasteiger partial charge in [0, 0.05) is 77.8 Å². The van der Waals surface area contributed by atoms with Crippen LogP contribution in [0.2, 0.25) is 0 Å². The van der Waals surface area contributed by atoms with Crippen molar-refractivity contribution < 1.29 is 0 Å². The quantitative estimate of drug-likeness (QED) is 0.148. The van der Waals surface area contributed by atoms with E-state index < -0.39 is 0 Å². The fourth-order valence-electron chi connectivity index (χ4n) is 11.4. The fourth-order valence-corrected chi connectivity index (χ4v) is 12.6. The zero-order valence-electron chi connectivity index (χ0n) is 36.4. The predicted molar refractivity (Wildman–Crippen MR) is 284 cm³/mol. The summed E-state index contributed by atoms with van der Waals surface area (Å²) in [6, 6.07) is 89.4. The van der Waals surface area contributed by atoms with E-state index in [1.165, 1.54) is 71.0 Å². The van der Waals surface area contributed by atoms with Crippen molar-refractivity contribution in [1.29, 1.82) is 0 Å². The van der Waals surface area contributed by atoms with Crippen LogP contribution in [-0.2, 0) is 0 Å². The molecular formula is C60H40B2N4S. The molecule has 67 heavy (non-hydrogen) atoms. The van der Waals surface area contributed by atoms with Gasteiger partial charge in [-0.1, -0.05) is 157 Å². The maximum atomic E-state index is 2.82. The standard InChI is InChI=1S/C60H40B2N4S/c1-6-21-41(22-7-1)63(42-23-8-2-9-24-42)46-37-50-48-31-20-32-49-51-38-47(64(43-25-10-3-11-26-43)44-27-12-4-13-28-44)40-57-59(51)62(53-34-17-19-36-56(53)67-57)66(60(48)49)61-52-33-16-18-35-54(52)65(55(39-46)58(50)61)45-29-14-5-15-30-45/h1-40H. The van der Waals surface area contributed by atoms with Gasteiger partial charge in [-0.05, 0) is 130 Å². The van der Waals surface area contributed by atoms with Gasteiger partial charge in [0.1, 0.15) is 0 Å². The second-order valence-corrected chi connectivity index (χ2v) is 18.7. The van der Waals surface area contributed by atoms with Crippen LogP contribution in [0.1, 0.15) is 0 Å². The lowest BCUT2D eigenvalue weighted by atomic mass is 9.32. The molecule has 0 saturated heterocycles. The largest absolute Gasteiger partial charge is 0.444 e. The molecule has 0 N–H and O–H groups in total. The highest BCUT2D eigenvalue weighted by Gasteiger charge is 2.53. The Morgan fingerprint density at radius 2 is 0.791 bits per heavy atom.